The summed E-state index contributed by atoms with van der Waals surface area (Å²) in [5.41, 5.74) is 0.108. The summed E-state index contributed by atoms with van der Waals surface area (Å²) >= 11 is 0. The predicted octanol–water partition coefficient (Wildman–Crippen LogP) is 3.43. The quantitative estimate of drug-likeness (QED) is 0.0654. The van der Waals surface area contributed by atoms with Crippen molar-refractivity contribution >= 4 is 41.3 Å². The smallest absolute Gasteiger partial charge is 0.308 e. The summed E-state index contributed by atoms with van der Waals surface area (Å²) in [6.07, 6.45) is 6.81. The molecule has 15 nitrogen and oxygen atoms in total. The average molecular weight is 887 g/mol. The van der Waals surface area contributed by atoms with Crippen molar-refractivity contribution in [2.24, 2.45) is 11.8 Å². The number of hydrogen-bond acceptors (Lipinski definition) is 10. The Morgan fingerprint density at radius 2 is 1.28 bits per heavy atom. The second-order valence-corrected chi connectivity index (χ2v) is 17.4. The topological polar surface area (TPSA) is 201 Å². The molecule has 1 aliphatic rings. The molecule has 1 aliphatic heterocycles. The number of hydrogen-bond donors (Lipinski definition) is 5. The first kappa shape index (κ1) is 52.8. The van der Waals surface area contributed by atoms with Gasteiger partial charge < -0.3 is 36.1 Å². The molecule has 15 heteroatoms. The number of Topliss-reactive ketones (excluding diaryl/α,β-unsaturated/α-hetero) is 1. The van der Waals surface area contributed by atoms with E-state index in [2.05, 4.69) is 32.5 Å². The number of esters is 1. The van der Waals surface area contributed by atoms with Crippen LogP contribution < -0.4 is 26.6 Å². The minimum absolute atomic E-state index is 0.000583. The van der Waals surface area contributed by atoms with Crippen LogP contribution in [0.3, 0.4) is 0 Å². The average Bonchev–Trinajstić information content (AvgIpc) is 3.26. The van der Waals surface area contributed by atoms with Crippen LogP contribution in [0.2, 0.25) is 0 Å². The van der Waals surface area contributed by atoms with E-state index in [4.69, 9.17) is 15.9 Å². The maximum atomic E-state index is 14.4. The molecule has 0 spiro atoms. The number of aryl methyl sites for hydroxylation is 1. The first-order chi connectivity index (χ1) is 30.5. The van der Waals surface area contributed by atoms with Gasteiger partial charge in [0.15, 0.2) is 11.4 Å². The summed E-state index contributed by atoms with van der Waals surface area (Å²) in [6.45, 7) is 13.1. The zero-order chi connectivity index (χ0) is 47.1. The van der Waals surface area contributed by atoms with Gasteiger partial charge in [-0.25, -0.2) is 0 Å². The summed E-state index contributed by atoms with van der Waals surface area (Å²) in [4.78, 5) is 97.3. The zero-order valence-corrected chi connectivity index (χ0v) is 38.5. The lowest BCUT2D eigenvalue weighted by Crippen LogP contribution is -2.60. The summed E-state index contributed by atoms with van der Waals surface area (Å²) < 4.78 is 11.2. The van der Waals surface area contributed by atoms with Crippen LogP contribution in [0.4, 0.5) is 0 Å². The summed E-state index contributed by atoms with van der Waals surface area (Å²) in [7, 11) is 0. The fourth-order valence-electron chi connectivity index (χ4n) is 7.25. The van der Waals surface area contributed by atoms with Crippen molar-refractivity contribution in [2.45, 2.75) is 129 Å². The first-order valence-corrected chi connectivity index (χ1v) is 22.6. The van der Waals surface area contributed by atoms with Gasteiger partial charge in [0, 0.05) is 38.9 Å². The molecule has 5 amide bonds. The van der Waals surface area contributed by atoms with Crippen LogP contribution in [0.25, 0.3) is 0 Å². The Morgan fingerprint density at radius 1 is 0.734 bits per heavy atom. The largest absolute Gasteiger partial charge is 0.451 e. The van der Waals surface area contributed by atoms with Gasteiger partial charge in [0.1, 0.15) is 18.1 Å². The lowest BCUT2D eigenvalue weighted by molar-refractivity contribution is -0.167. The van der Waals surface area contributed by atoms with E-state index >= 15 is 0 Å². The third kappa shape index (κ3) is 19.0. The Hall–Kier alpha value is -5.59. The minimum atomic E-state index is -1.61. The molecule has 0 aliphatic carbocycles. The van der Waals surface area contributed by atoms with E-state index in [9.17, 15) is 33.6 Å². The second kappa shape index (κ2) is 27.6. The molecular formula is C49H70N6O9. The van der Waals surface area contributed by atoms with Crippen LogP contribution in [0.15, 0.2) is 60.7 Å². The molecule has 1 heterocycles. The minimum Gasteiger partial charge on any atom is -0.451 e. The van der Waals surface area contributed by atoms with Gasteiger partial charge in [-0.2, -0.15) is 0 Å². The highest BCUT2D eigenvalue weighted by molar-refractivity contribution is 5.98. The molecule has 2 aromatic rings. The van der Waals surface area contributed by atoms with Crippen molar-refractivity contribution in [2.75, 3.05) is 39.4 Å². The van der Waals surface area contributed by atoms with E-state index in [1.165, 1.54) is 6.92 Å². The number of carbonyl (C=O) groups excluding carboxylic acids is 7. The summed E-state index contributed by atoms with van der Waals surface area (Å²) in [5.74, 6) is -1.35. The van der Waals surface area contributed by atoms with Crippen molar-refractivity contribution in [3.8, 4) is 12.3 Å². The molecule has 3 rings (SSSR count). The van der Waals surface area contributed by atoms with E-state index < -0.39 is 59.2 Å². The number of ether oxygens (including phenoxy) is 2. The van der Waals surface area contributed by atoms with Crippen LogP contribution in [-0.4, -0.2) is 115 Å². The van der Waals surface area contributed by atoms with Crippen LogP contribution in [0.1, 0.15) is 97.6 Å². The molecule has 350 valence electrons. The highest BCUT2D eigenvalue weighted by atomic mass is 16.6. The summed E-state index contributed by atoms with van der Waals surface area (Å²) in [5, 5.41) is 14.2. The number of amides is 5. The number of benzene rings is 2. The highest BCUT2D eigenvalue weighted by Crippen LogP contribution is 2.23. The maximum Gasteiger partial charge on any atom is 0.308 e. The van der Waals surface area contributed by atoms with E-state index in [1.807, 2.05) is 93.3 Å². The third-order valence-electron chi connectivity index (χ3n) is 11.0. The Kier molecular flexibility index (Phi) is 22.7. The van der Waals surface area contributed by atoms with Crippen LogP contribution in [0.5, 0.6) is 0 Å². The van der Waals surface area contributed by atoms with Crippen molar-refractivity contribution in [1.82, 2.24) is 31.5 Å². The SMILES string of the molecule is C#CCCC(=O)NCCC(=O)O[C@](C)(CC)C(=O)[C@H](CC(C)C)NC(=O)[C@H](Cc1ccccc1)NC(=O)[C@H](CC(C)C)NC(=O)[C@H](CCc1ccccc1)NC(=O)CN1CCOCC1. The third-order valence-corrected chi connectivity index (χ3v) is 11.0. The Morgan fingerprint density at radius 3 is 1.88 bits per heavy atom. The predicted molar refractivity (Wildman–Crippen MR) is 244 cm³/mol. The fourth-order valence-corrected chi connectivity index (χ4v) is 7.25. The lowest BCUT2D eigenvalue weighted by Gasteiger charge is -2.33. The van der Waals surface area contributed by atoms with Gasteiger partial charge in [0.2, 0.25) is 29.5 Å². The fraction of sp³-hybridized carbons (Fsp3) is 0.571. The van der Waals surface area contributed by atoms with Gasteiger partial charge in [0.25, 0.3) is 0 Å². The standard InChI is InChI=1S/C49H70N6O9/c1-8-10-21-42(56)50-25-24-44(58)64-49(7,9-2)45(59)39(30-34(3)4)52-48(62)41(32-37-19-15-12-16-20-37)54-47(61)40(31-35(5)6)53-46(60)38(23-22-36-17-13-11-14-18-36)51-43(57)33-55-26-28-63-29-27-55/h1,11-20,34-35,38-41H,9-10,21-33H2,2-7H3,(H,50,56)(H,51,57)(H,52,62)(H,53,60)(H,54,61)/t38-,39-,40-,41-,49+/m0/s1. The van der Waals surface area contributed by atoms with Crippen molar-refractivity contribution in [1.29, 1.82) is 0 Å². The van der Waals surface area contributed by atoms with Gasteiger partial charge in [-0.05, 0) is 62.0 Å². The van der Waals surface area contributed by atoms with Gasteiger partial charge in [-0.3, -0.25) is 38.5 Å². The molecule has 0 radical (unpaired) electrons. The van der Waals surface area contributed by atoms with Gasteiger partial charge >= 0.3 is 5.97 Å². The monoisotopic (exact) mass is 887 g/mol. The van der Waals surface area contributed by atoms with Gasteiger partial charge in [0.05, 0.1) is 32.2 Å². The zero-order valence-electron chi connectivity index (χ0n) is 38.5. The number of ketones is 1. The molecule has 64 heavy (non-hydrogen) atoms. The van der Waals surface area contributed by atoms with Crippen LogP contribution in [-0.2, 0) is 55.9 Å². The van der Waals surface area contributed by atoms with E-state index in [-0.39, 0.29) is 88.1 Å². The lowest BCUT2D eigenvalue weighted by atomic mass is 9.87. The van der Waals surface area contributed by atoms with Crippen molar-refractivity contribution in [3.63, 3.8) is 0 Å². The van der Waals surface area contributed by atoms with Crippen molar-refractivity contribution < 1.29 is 43.0 Å². The number of nitrogens with zero attached hydrogens (tertiary/aromatic N) is 1. The van der Waals surface area contributed by atoms with Crippen LogP contribution >= 0.6 is 0 Å². The molecule has 5 atom stereocenters. The molecule has 0 aromatic heterocycles. The highest BCUT2D eigenvalue weighted by Gasteiger charge is 2.42. The first-order valence-electron chi connectivity index (χ1n) is 22.6. The van der Waals surface area contributed by atoms with Crippen molar-refractivity contribution in [3.05, 3.63) is 71.8 Å². The number of rotatable bonds is 27. The second-order valence-electron chi connectivity index (χ2n) is 17.4. The van der Waals surface area contributed by atoms with Crippen LogP contribution in [0, 0.1) is 24.2 Å². The number of carbonyl (C=O) groups is 7. The molecule has 5 N–H and O–H groups in total. The molecule has 0 saturated carbocycles. The van der Waals surface area contributed by atoms with Gasteiger partial charge in [-0.1, -0.05) is 95.3 Å². The maximum absolute atomic E-state index is 14.4. The Balaban J connectivity index is 1.84. The molecular weight excluding hydrogens is 817 g/mol. The normalized spacial score (nSPS) is 15.6. The molecule has 2 aromatic carbocycles. The molecule has 0 bridgehead atoms. The number of nitrogens with one attached hydrogen (secondary N) is 5. The summed E-state index contributed by atoms with van der Waals surface area (Å²) in [6, 6.07) is 14.4. The Labute approximate surface area is 379 Å². The van der Waals surface area contributed by atoms with E-state index in [1.54, 1.807) is 6.92 Å². The molecule has 1 saturated heterocycles. The van der Waals surface area contributed by atoms with E-state index in [0.717, 1.165) is 11.1 Å². The Bertz CT molecular complexity index is 1860. The number of terminal acetylenes is 1. The van der Waals surface area contributed by atoms with Gasteiger partial charge in [-0.15, -0.1) is 12.3 Å². The molecule has 0 unspecified atom stereocenters. The van der Waals surface area contributed by atoms with E-state index in [0.29, 0.717) is 32.7 Å². The molecule has 1 fully saturated rings. The number of morpholine rings is 1.